The highest BCUT2D eigenvalue weighted by Gasteiger charge is 2.48. The molecule has 0 radical (unpaired) electrons. The summed E-state index contributed by atoms with van der Waals surface area (Å²) < 4.78 is 6.07. The predicted octanol–water partition coefficient (Wildman–Crippen LogP) is -2.01. The number of hydrogen-bond donors (Lipinski definition) is 6. The van der Waals surface area contributed by atoms with E-state index in [0.717, 1.165) is 19.3 Å². The van der Waals surface area contributed by atoms with Gasteiger partial charge in [0.2, 0.25) is 0 Å². The topological polar surface area (TPSA) is 154 Å². The van der Waals surface area contributed by atoms with Crippen LogP contribution < -0.4 is 22.9 Å². The minimum atomic E-state index is -1.02. The van der Waals surface area contributed by atoms with Crippen molar-refractivity contribution in [2.24, 2.45) is 28.9 Å². The highest BCUT2D eigenvalue weighted by atomic mass is 16.5. The Labute approximate surface area is 126 Å². The van der Waals surface area contributed by atoms with Crippen LogP contribution in [0.4, 0.5) is 0 Å². The largest absolute Gasteiger partial charge is 0.390 e. The van der Waals surface area contributed by atoms with Crippen molar-refractivity contribution in [2.45, 2.75) is 81.2 Å². The minimum Gasteiger partial charge on any atom is -0.390 e. The summed E-state index contributed by atoms with van der Waals surface area (Å²) in [7, 11) is 0. The van der Waals surface area contributed by atoms with Gasteiger partial charge in [0, 0.05) is 30.1 Å². The number of nitrogens with two attached hydrogens (primary N) is 4. The summed E-state index contributed by atoms with van der Waals surface area (Å²) >= 11 is 0. The third-order valence-electron chi connectivity index (χ3n) is 5.09. The van der Waals surface area contributed by atoms with Crippen LogP contribution in [-0.4, -0.2) is 58.8 Å². The van der Waals surface area contributed by atoms with E-state index in [9.17, 15) is 10.2 Å². The molecule has 2 aliphatic rings. The van der Waals surface area contributed by atoms with Gasteiger partial charge in [-0.1, -0.05) is 6.92 Å². The van der Waals surface area contributed by atoms with Gasteiger partial charge < -0.3 is 37.9 Å². The lowest BCUT2D eigenvalue weighted by Crippen LogP contribution is -2.65. The van der Waals surface area contributed by atoms with Crippen LogP contribution in [0.3, 0.4) is 0 Å². The summed E-state index contributed by atoms with van der Waals surface area (Å²) in [6.45, 7) is 2.02. The number of rotatable bonds is 3. The Morgan fingerprint density at radius 1 is 1.05 bits per heavy atom. The van der Waals surface area contributed by atoms with Crippen molar-refractivity contribution in [1.29, 1.82) is 0 Å². The Morgan fingerprint density at radius 3 is 2.33 bits per heavy atom. The first-order valence-corrected chi connectivity index (χ1v) is 7.90. The first-order valence-electron chi connectivity index (χ1n) is 7.90. The maximum atomic E-state index is 10.4. The van der Waals surface area contributed by atoms with Gasteiger partial charge in [0.05, 0.1) is 24.4 Å². The summed E-state index contributed by atoms with van der Waals surface area (Å²) in [5.41, 5.74) is 24.2. The lowest BCUT2D eigenvalue weighted by molar-refractivity contribution is -0.156. The molecule has 2 rings (SSSR count). The molecule has 0 aromatic carbocycles. The molecule has 21 heavy (non-hydrogen) atoms. The first kappa shape index (κ1) is 17.1. The van der Waals surface area contributed by atoms with Crippen LogP contribution in [0.2, 0.25) is 0 Å². The monoisotopic (exact) mass is 302 g/mol. The number of aliphatic hydroxyl groups is 2. The Balaban J connectivity index is 2.13. The Bertz CT molecular complexity index is 346. The first-order chi connectivity index (χ1) is 9.86. The smallest absolute Gasteiger partial charge is 0.0954 e. The fourth-order valence-corrected chi connectivity index (χ4v) is 3.63. The quantitative estimate of drug-likeness (QED) is 0.352. The molecule has 1 saturated heterocycles. The van der Waals surface area contributed by atoms with Crippen LogP contribution in [0.5, 0.6) is 0 Å². The van der Waals surface area contributed by atoms with E-state index in [4.69, 9.17) is 27.7 Å². The van der Waals surface area contributed by atoms with Gasteiger partial charge in [-0.25, -0.2) is 0 Å². The standard InChI is InChI=1S/C14H30N4O3/c1-2-6(15)10-4-3-7(16)14(21-10)11-8(17)5-9(18)12(19)13(11)20/h6-14,19-20H,2-5,15-18H2,1H3/t6-,7+,8-,9+,10-,11+,12-,13-,14?/m0/s1. The zero-order valence-corrected chi connectivity index (χ0v) is 12.6. The van der Waals surface area contributed by atoms with Gasteiger partial charge in [0.25, 0.3) is 0 Å². The van der Waals surface area contributed by atoms with Crippen molar-refractivity contribution < 1.29 is 14.9 Å². The van der Waals surface area contributed by atoms with Crippen molar-refractivity contribution in [3.63, 3.8) is 0 Å². The van der Waals surface area contributed by atoms with Crippen molar-refractivity contribution in [3.8, 4) is 0 Å². The average Bonchev–Trinajstić information content (AvgIpc) is 2.46. The van der Waals surface area contributed by atoms with Crippen LogP contribution in [0.15, 0.2) is 0 Å². The highest BCUT2D eigenvalue weighted by molar-refractivity contribution is 5.03. The zero-order valence-electron chi connectivity index (χ0n) is 12.6. The summed E-state index contributed by atoms with van der Waals surface area (Å²) in [6.07, 6.45) is 0.371. The van der Waals surface area contributed by atoms with Crippen molar-refractivity contribution in [1.82, 2.24) is 0 Å². The van der Waals surface area contributed by atoms with Gasteiger partial charge in [-0.15, -0.1) is 0 Å². The molecule has 1 heterocycles. The molecular weight excluding hydrogens is 272 g/mol. The lowest BCUT2D eigenvalue weighted by Gasteiger charge is -2.48. The predicted molar refractivity (Wildman–Crippen MR) is 80.2 cm³/mol. The molecule has 0 spiro atoms. The molecule has 1 unspecified atom stereocenters. The van der Waals surface area contributed by atoms with Crippen LogP contribution in [0.25, 0.3) is 0 Å². The highest BCUT2D eigenvalue weighted by Crippen LogP contribution is 2.34. The molecule has 0 bridgehead atoms. The molecule has 124 valence electrons. The zero-order chi connectivity index (χ0) is 15.7. The van der Waals surface area contributed by atoms with Gasteiger partial charge in [-0.3, -0.25) is 0 Å². The average molecular weight is 302 g/mol. The maximum Gasteiger partial charge on any atom is 0.0954 e. The second-order valence-electron chi connectivity index (χ2n) is 6.57. The molecule has 7 nitrogen and oxygen atoms in total. The van der Waals surface area contributed by atoms with Crippen molar-refractivity contribution in [3.05, 3.63) is 0 Å². The number of aliphatic hydroxyl groups excluding tert-OH is 2. The molecule has 0 amide bonds. The number of hydrogen-bond acceptors (Lipinski definition) is 7. The van der Waals surface area contributed by atoms with Gasteiger partial charge in [0.1, 0.15) is 0 Å². The van der Waals surface area contributed by atoms with Crippen LogP contribution in [-0.2, 0) is 4.74 Å². The molecule has 1 aliphatic carbocycles. The Kier molecular flexibility index (Phi) is 5.59. The van der Waals surface area contributed by atoms with E-state index >= 15 is 0 Å². The van der Waals surface area contributed by atoms with E-state index in [-0.39, 0.29) is 24.2 Å². The molecule has 0 aromatic heterocycles. The third kappa shape index (κ3) is 3.39. The fourth-order valence-electron chi connectivity index (χ4n) is 3.63. The van der Waals surface area contributed by atoms with E-state index < -0.39 is 30.3 Å². The van der Waals surface area contributed by atoms with Gasteiger partial charge in [0.15, 0.2) is 0 Å². The molecule has 7 heteroatoms. The molecule has 10 N–H and O–H groups in total. The van der Waals surface area contributed by atoms with Crippen LogP contribution in [0.1, 0.15) is 32.6 Å². The molecule has 1 aliphatic heterocycles. The lowest BCUT2D eigenvalue weighted by atomic mass is 9.72. The van der Waals surface area contributed by atoms with E-state index in [0.29, 0.717) is 6.42 Å². The van der Waals surface area contributed by atoms with Crippen LogP contribution in [0, 0.1) is 5.92 Å². The van der Waals surface area contributed by atoms with Crippen LogP contribution >= 0.6 is 0 Å². The molecule has 2 fully saturated rings. The fraction of sp³-hybridized carbons (Fsp3) is 1.00. The number of ether oxygens (including phenoxy) is 1. The molecule has 9 atom stereocenters. The molecule has 1 saturated carbocycles. The minimum absolute atomic E-state index is 0.0517. The normalized spacial score (nSPS) is 49.9. The van der Waals surface area contributed by atoms with Crippen molar-refractivity contribution >= 4 is 0 Å². The van der Waals surface area contributed by atoms with E-state index in [1.165, 1.54) is 0 Å². The van der Waals surface area contributed by atoms with E-state index in [1.54, 1.807) is 0 Å². The van der Waals surface area contributed by atoms with E-state index in [2.05, 4.69) is 0 Å². The third-order valence-corrected chi connectivity index (χ3v) is 5.09. The Hall–Kier alpha value is -0.280. The van der Waals surface area contributed by atoms with Gasteiger partial charge in [-0.05, 0) is 25.7 Å². The van der Waals surface area contributed by atoms with Crippen molar-refractivity contribution in [2.75, 3.05) is 0 Å². The maximum absolute atomic E-state index is 10.4. The molecule has 0 aromatic rings. The van der Waals surface area contributed by atoms with E-state index in [1.807, 2.05) is 6.92 Å². The van der Waals surface area contributed by atoms with Gasteiger partial charge >= 0.3 is 0 Å². The Morgan fingerprint density at radius 2 is 1.71 bits per heavy atom. The van der Waals surface area contributed by atoms with Gasteiger partial charge in [-0.2, -0.15) is 0 Å². The summed E-state index contributed by atoms with van der Waals surface area (Å²) in [5.74, 6) is -0.415. The second kappa shape index (κ2) is 6.87. The summed E-state index contributed by atoms with van der Waals surface area (Å²) in [6, 6.07) is -1.12. The second-order valence-corrected chi connectivity index (χ2v) is 6.57. The molecular formula is C14H30N4O3. The summed E-state index contributed by atoms with van der Waals surface area (Å²) in [4.78, 5) is 0. The SMILES string of the molecule is CC[C@H](N)[C@@H]1CC[C@@H](N)C([C@H]2[C@H](O)[C@@H](O)[C@H](N)C[C@@H]2N)O1. The summed E-state index contributed by atoms with van der Waals surface area (Å²) in [5, 5.41) is 20.4.